The van der Waals surface area contributed by atoms with Gasteiger partial charge in [-0.25, -0.2) is 0 Å². The first kappa shape index (κ1) is 16.7. The summed E-state index contributed by atoms with van der Waals surface area (Å²) in [7, 11) is 3.70. The lowest BCUT2D eigenvalue weighted by Gasteiger charge is -2.15. The molecule has 0 spiro atoms. The van der Waals surface area contributed by atoms with Gasteiger partial charge in [-0.1, -0.05) is 28.3 Å². The second kappa shape index (κ2) is 6.73. The zero-order valence-corrected chi connectivity index (χ0v) is 15.0. The second-order valence-corrected chi connectivity index (χ2v) is 7.35. The fourth-order valence-corrected chi connectivity index (χ4v) is 3.52. The summed E-state index contributed by atoms with van der Waals surface area (Å²) in [6.07, 6.45) is 4.72. The maximum Gasteiger partial charge on any atom is 0.296 e. The molecule has 1 N–H and O–H groups in total. The molecule has 0 aromatic carbocycles. The average molecular weight is 365 g/mol. The molecule has 126 valence electrons. The number of ketones is 1. The smallest absolute Gasteiger partial charge is 0.296 e. The van der Waals surface area contributed by atoms with E-state index in [1.165, 1.54) is 23.1 Å². The van der Waals surface area contributed by atoms with Crippen LogP contribution >= 0.6 is 23.1 Å². The van der Waals surface area contributed by atoms with Gasteiger partial charge in [0.2, 0.25) is 16.7 Å². The van der Waals surface area contributed by atoms with Crippen LogP contribution in [0.3, 0.4) is 0 Å². The van der Waals surface area contributed by atoms with Gasteiger partial charge in [-0.2, -0.15) is 0 Å². The number of amides is 1. The lowest BCUT2D eigenvalue weighted by atomic mass is 9.91. The van der Waals surface area contributed by atoms with Crippen molar-refractivity contribution < 1.29 is 14.1 Å². The summed E-state index contributed by atoms with van der Waals surface area (Å²) in [5, 5.41) is 14.6. The fraction of sp³-hybridized carbons (Fsp3) is 0.357. The number of fused-ring (bicyclic) bond motifs is 1. The third-order valence-corrected chi connectivity index (χ3v) is 5.18. The van der Waals surface area contributed by atoms with Crippen molar-refractivity contribution in [1.29, 1.82) is 0 Å². The summed E-state index contributed by atoms with van der Waals surface area (Å²) in [6, 6.07) is 0. The Hall–Kier alpha value is -2.20. The highest BCUT2D eigenvalue weighted by Gasteiger charge is 2.32. The standard InChI is InChI=1S/C14H15N5O3S2/c1-19(2)6-7-4-5-8-9(10(7)20)18-22-11(8)12(21)15-13-16-17-14(23-3)24-13/h6H,4-5H2,1-3H3,(H,15,16,21). The average Bonchev–Trinajstić information content (AvgIpc) is 3.16. The maximum absolute atomic E-state index is 12.4. The molecule has 0 bridgehead atoms. The second-order valence-electron chi connectivity index (χ2n) is 5.32. The predicted molar refractivity (Wildman–Crippen MR) is 90.6 cm³/mol. The molecule has 24 heavy (non-hydrogen) atoms. The van der Waals surface area contributed by atoms with Crippen LogP contribution in [0.4, 0.5) is 5.13 Å². The minimum atomic E-state index is -0.472. The monoisotopic (exact) mass is 365 g/mol. The Bertz CT molecular complexity index is 824. The Morgan fingerprint density at radius 2 is 2.17 bits per heavy atom. The minimum absolute atomic E-state index is 0.0585. The molecule has 1 aliphatic carbocycles. The molecular weight excluding hydrogens is 350 g/mol. The molecule has 0 fully saturated rings. The van der Waals surface area contributed by atoms with Gasteiger partial charge in [-0.05, 0) is 19.1 Å². The molecule has 0 saturated carbocycles. The number of nitrogens with zero attached hydrogens (tertiary/aromatic N) is 4. The largest absolute Gasteiger partial charge is 0.383 e. The molecular formula is C14H15N5O3S2. The highest BCUT2D eigenvalue weighted by Crippen LogP contribution is 2.29. The Morgan fingerprint density at radius 1 is 1.38 bits per heavy atom. The molecule has 2 heterocycles. The molecule has 2 aromatic rings. The number of thioether (sulfide) groups is 1. The number of hydrogen-bond donors (Lipinski definition) is 1. The first-order chi connectivity index (χ1) is 11.5. The predicted octanol–water partition coefficient (Wildman–Crippen LogP) is 2.07. The maximum atomic E-state index is 12.4. The van der Waals surface area contributed by atoms with Crippen LogP contribution in [-0.4, -0.2) is 52.3 Å². The Labute approximate surface area is 146 Å². The van der Waals surface area contributed by atoms with E-state index in [9.17, 15) is 9.59 Å². The van der Waals surface area contributed by atoms with Crippen LogP contribution in [0.15, 0.2) is 20.6 Å². The number of Topliss-reactive ketones (excluding diaryl/α,β-unsaturated/α-hetero) is 1. The van der Waals surface area contributed by atoms with Gasteiger partial charge in [0.1, 0.15) is 0 Å². The first-order valence-electron chi connectivity index (χ1n) is 7.08. The molecule has 2 aromatic heterocycles. The van der Waals surface area contributed by atoms with Crippen molar-refractivity contribution in [3.63, 3.8) is 0 Å². The van der Waals surface area contributed by atoms with Gasteiger partial charge >= 0.3 is 0 Å². The molecule has 8 nitrogen and oxygen atoms in total. The normalized spacial score (nSPS) is 15.5. The number of allylic oxidation sites excluding steroid dienone is 1. The van der Waals surface area contributed by atoms with Crippen molar-refractivity contribution in [2.75, 3.05) is 25.7 Å². The lowest BCUT2D eigenvalue weighted by Crippen LogP contribution is -2.19. The fourth-order valence-electron chi connectivity index (χ4n) is 2.35. The third-order valence-electron chi connectivity index (χ3n) is 3.36. The van der Waals surface area contributed by atoms with Crippen LogP contribution < -0.4 is 5.32 Å². The van der Waals surface area contributed by atoms with Crippen molar-refractivity contribution in [3.8, 4) is 0 Å². The summed E-state index contributed by atoms with van der Waals surface area (Å²) in [4.78, 5) is 26.6. The molecule has 10 heteroatoms. The zero-order chi connectivity index (χ0) is 17.3. The van der Waals surface area contributed by atoms with Gasteiger partial charge in [-0.3, -0.25) is 14.9 Å². The van der Waals surface area contributed by atoms with Crippen molar-refractivity contribution >= 4 is 39.9 Å². The van der Waals surface area contributed by atoms with E-state index >= 15 is 0 Å². The van der Waals surface area contributed by atoms with Crippen LogP contribution in [0.25, 0.3) is 0 Å². The molecule has 0 saturated heterocycles. The van der Waals surface area contributed by atoms with E-state index < -0.39 is 5.91 Å². The van der Waals surface area contributed by atoms with E-state index in [4.69, 9.17) is 4.52 Å². The van der Waals surface area contributed by atoms with Gasteiger partial charge in [0, 0.05) is 31.4 Å². The van der Waals surface area contributed by atoms with Crippen molar-refractivity contribution in [2.24, 2.45) is 0 Å². The van der Waals surface area contributed by atoms with E-state index in [0.717, 1.165) is 4.34 Å². The zero-order valence-electron chi connectivity index (χ0n) is 13.3. The van der Waals surface area contributed by atoms with Crippen LogP contribution in [0.5, 0.6) is 0 Å². The van der Waals surface area contributed by atoms with Crippen molar-refractivity contribution in [3.05, 3.63) is 28.8 Å². The van der Waals surface area contributed by atoms with Gasteiger partial charge in [0.15, 0.2) is 10.0 Å². The molecule has 0 atom stereocenters. The topological polar surface area (TPSA) is 101 Å². The first-order valence-corrected chi connectivity index (χ1v) is 9.13. The summed E-state index contributed by atoms with van der Waals surface area (Å²) in [5.74, 6) is -0.614. The molecule has 0 aliphatic heterocycles. The Kier molecular flexibility index (Phi) is 4.67. The van der Waals surface area contributed by atoms with E-state index in [0.29, 0.717) is 29.1 Å². The number of nitrogens with one attached hydrogen (secondary N) is 1. The minimum Gasteiger partial charge on any atom is -0.383 e. The number of carbonyl (C=O) groups is 2. The van der Waals surface area contributed by atoms with Crippen LogP contribution in [-0.2, 0) is 6.42 Å². The van der Waals surface area contributed by atoms with Gasteiger partial charge in [0.05, 0.1) is 0 Å². The number of anilines is 1. The SMILES string of the molecule is CSc1nnc(NC(=O)c2onc3c2CCC(=CN(C)C)C3=O)s1. The van der Waals surface area contributed by atoms with Gasteiger partial charge in [0.25, 0.3) is 5.91 Å². The molecule has 1 amide bonds. The summed E-state index contributed by atoms with van der Waals surface area (Å²) in [5.41, 5.74) is 1.41. The summed E-state index contributed by atoms with van der Waals surface area (Å²) < 4.78 is 5.88. The number of rotatable bonds is 4. The number of aromatic nitrogens is 3. The van der Waals surface area contributed by atoms with Gasteiger partial charge in [-0.15, -0.1) is 10.2 Å². The molecule has 0 unspecified atom stereocenters. The number of hydrogen-bond acceptors (Lipinski definition) is 9. The summed E-state index contributed by atoms with van der Waals surface area (Å²) in [6.45, 7) is 0. The highest BCUT2D eigenvalue weighted by atomic mass is 32.2. The Morgan fingerprint density at radius 3 is 2.83 bits per heavy atom. The quantitative estimate of drug-likeness (QED) is 0.499. The van der Waals surface area contributed by atoms with Crippen molar-refractivity contribution in [1.82, 2.24) is 20.3 Å². The highest BCUT2D eigenvalue weighted by molar-refractivity contribution is 8.00. The van der Waals surface area contributed by atoms with Crippen molar-refractivity contribution in [2.45, 2.75) is 17.2 Å². The van der Waals surface area contributed by atoms with E-state index in [2.05, 4.69) is 20.7 Å². The Balaban J connectivity index is 1.82. The molecule has 3 rings (SSSR count). The van der Waals surface area contributed by atoms with Gasteiger partial charge < -0.3 is 9.42 Å². The summed E-state index contributed by atoms with van der Waals surface area (Å²) >= 11 is 2.71. The van der Waals surface area contributed by atoms with E-state index in [1.54, 1.807) is 6.20 Å². The third kappa shape index (κ3) is 3.20. The molecule has 0 radical (unpaired) electrons. The molecule has 1 aliphatic rings. The lowest BCUT2D eigenvalue weighted by molar-refractivity contribution is 0.0981. The van der Waals surface area contributed by atoms with E-state index in [-0.39, 0.29) is 17.2 Å². The van der Waals surface area contributed by atoms with Crippen LogP contribution in [0, 0.1) is 0 Å². The van der Waals surface area contributed by atoms with Crippen LogP contribution in [0.1, 0.15) is 33.0 Å². The van der Waals surface area contributed by atoms with E-state index in [1.807, 2.05) is 25.3 Å². The van der Waals surface area contributed by atoms with Crippen LogP contribution in [0.2, 0.25) is 0 Å². The number of carbonyl (C=O) groups excluding carboxylic acids is 2.